The van der Waals surface area contributed by atoms with E-state index in [2.05, 4.69) is 72.1 Å². The van der Waals surface area contributed by atoms with Crippen LogP contribution in [0.4, 0.5) is 5.82 Å². The average Bonchev–Trinajstić information content (AvgIpc) is 2.44. The predicted octanol–water partition coefficient (Wildman–Crippen LogP) is 4.52. The molecule has 3 nitrogen and oxygen atoms in total. The van der Waals surface area contributed by atoms with Crippen molar-refractivity contribution >= 4 is 21.7 Å². The zero-order valence-corrected chi connectivity index (χ0v) is 14.0. The van der Waals surface area contributed by atoms with E-state index in [1.807, 2.05) is 0 Å². The Kier molecular flexibility index (Phi) is 4.76. The van der Waals surface area contributed by atoms with E-state index >= 15 is 0 Å². The summed E-state index contributed by atoms with van der Waals surface area (Å²) in [5.41, 5.74) is 4.56. The number of hydrogen-bond acceptors (Lipinski definition) is 3. The molecular weight excluding hydrogens is 314 g/mol. The molecule has 0 unspecified atom stereocenters. The lowest BCUT2D eigenvalue weighted by atomic mass is 10.0. The van der Waals surface area contributed by atoms with Crippen molar-refractivity contribution in [3.8, 4) is 11.4 Å². The quantitative estimate of drug-likeness (QED) is 0.893. The molecule has 0 atom stereocenters. The number of rotatable bonds is 4. The summed E-state index contributed by atoms with van der Waals surface area (Å²) in [6, 6.07) is 6.38. The minimum Gasteiger partial charge on any atom is -0.369 e. The fourth-order valence-corrected chi connectivity index (χ4v) is 2.71. The number of anilines is 1. The molecule has 0 amide bonds. The maximum atomic E-state index is 4.71. The predicted molar refractivity (Wildman–Crippen MR) is 88.2 cm³/mol. The topological polar surface area (TPSA) is 37.8 Å². The Balaban J connectivity index is 2.61. The summed E-state index contributed by atoms with van der Waals surface area (Å²) in [4.78, 5) is 9.38. The number of benzene rings is 1. The van der Waals surface area contributed by atoms with Gasteiger partial charge >= 0.3 is 0 Å². The van der Waals surface area contributed by atoms with E-state index in [1.165, 1.54) is 11.1 Å². The number of hydrogen-bond donors (Lipinski definition) is 1. The van der Waals surface area contributed by atoms with Crippen LogP contribution < -0.4 is 5.32 Å². The van der Waals surface area contributed by atoms with Crippen LogP contribution in [0.1, 0.15) is 30.7 Å². The number of aryl methyl sites for hydroxylation is 3. The molecule has 1 heterocycles. The second-order valence-electron chi connectivity index (χ2n) is 4.86. The summed E-state index contributed by atoms with van der Waals surface area (Å²) in [5, 5.41) is 3.30. The van der Waals surface area contributed by atoms with Gasteiger partial charge in [0.25, 0.3) is 0 Å². The molecule has 2 rings (SSSR count). The van der Waals surface area contributed by atoms with Crippen molar-refractivity contribution in [3.63, 3.8) is 0 Å². The van der Waals surface area contributed by atoms with Crippen molar-refractivity contribution in [2.24, 2.45) is 0 Å². The first-order chi connectivity index (χ1) is 9.56. The highest BCUT2D eigenvalue weighted by molar-refractivity contribution is 9.10. The van der Waals surface area contributed by atoms with Crippen molar-refractivity contribution in [1.82, 2.24) is 9.97 Å². The van der Waals surface area contributed by atoms with Crippen molar-refractivity contribution in [1.29, 1.82) is 0 Å². The number of halogens is 1. The highest BCUT2D eigenvalue weighted by Gasteiger charge is 2.13. The smallest absolute Gasteiger partial charge is 0.162 e. The van der Waals surface area contributed by atoms with Crippen LogP contribution in [0.3, 0.4) is 0 Å². The molecule has 4 heteroatoms. The van der Waals surface area contributed by atoms with E-state index in [1.54, 1.807) is 0 Å². The Morgan fingerprint density at radius 2 is 1.90 bits per heavy atom. The first kappa shape index (κ1) is 15.0. The Morgan fingerprint density at radius 3 is 2.55 bits per heavy atom. The molecule has 106 valence electrons. The Morgan fingerprint density at radius 1 is 1.15 bits per heavy atom. The standard InChI is InChI=1S/C16H20BrN3/c1-5-13-14(17)16(18-6-2)20-15(19-13)12-9-10(3)7-8-11(12)4/h7-9H,5-6H2,1-4H3,(H,18,19,20). The summed E-state index contributed by atoms with van der Waals surface area (Å²) in [5.74, 6) is 1.66. The molecule has 0 aliphatic heterocycles. The lowest BCUT2D eigenvalue weighted by Crippen LogP contribution is -2.06. The Bertz CT molecular complexity index is 623. The van der Waals surface area contributed by atoms with Crippen LogP contribution in [0, 0.1) is 13.8 Å². The molecule has 0 saturated heterocycles. The monoisotopic (exact) mass is 333 g/mol. The molecule has 20 heavy (non-hydrogen) atoms. The third-order valence-corrected chi connectivity index (χ3v) is 4.07. The van der Waals surface area contributed by atoms with Gasteiger partial charge in [0.2, 0.25) is 0 Å². The fourth-order valence-electron chi connectivity index (χ4n) is 2.11. The third-order valence-electron chi connectivity index (χ3n) is 3.23. The third kappa shape index (κ3) is 3.01. The second kappa shape index (κ2) is 6.35. The molecule has 0 spiro atoms. The van der Waals surface area contributed by atoms with Crippen LogP contribution in [0.25, 0.3) is 11.4 Å². The van der Waals surface area contributed by atoms with Gasteiger partial charge in [0.05, 0.1) is 10.2 Å². The zero-order chi connectivity index (χ0) is 14.7. The van der Waals surface area contributed by atoms with Crippen molar-refractivity contribution < 1.29 is 0 Å². The second-order valence-corrected chi connectivity index (χ2v) is 5.65. The maximum absolute atomic E-state index is 4.71. The van der Waals surface area contributed by atoms with E-state index < -0.39 is 0 Å². The number of aromatic nitrogens is 2. The van der Waals surface area contributed by atoms with Gasteiger partial charge in [-0.25, -0.2) is 9.97 Å². The van der Waals surface area contributed by atoms with Crippen LogP contribution in [0.15, 0.2) is 22.7 Å². The van der Waals surface area contributed by atoms with Gasteiger partial charge in [-0.1, -0.05) is 24.6 Å². The van der Waals surface area contributed by atoms with Crippen LogP contribution in [-0.4, -0.2) is 16.5 Å². The molecule has 0 bridgehead atoms. The van der Waals surface area contributed by atoms with E-state index in [0.717, 1.165) is 40.3 Å². The van der Waals surface area contributed by atoms with Gasteiger partial charge in [-0.05, 0) is 54.8 Å². The van der Waals surface area contributed by atoms with Crippen molar-refractivity contribution in [2.45, 2.75) is 34.1 Å². The molecule has 1 N–H and O–H groups in total. The molecular formula is C16H20BrN3. The SMILES string of the molecule is CCNc1nc(-c2cc(C)ccc2C)nc(CC)c1Br. The van der Waals surface area contributed by atoms with Crippen LogP contribution in [-0.2, 0) is 6.42 Å². The first-order valence-corrected chi connectivity index (χ1v) is 7.74. The molecule has 0 fully saturated rings. The van der Waals surface area contributed by atoms with Crippen molar-refractivity contribution in [3.05, 3.63) is 39.5 Å². The van der Waals surface area contributed by atoms with Gasteiger partial charge in [-0.2, -0.15) is 0 Å². The zero-order valence-electron chi connectivity index (χ0n) is 12.4. The molecule has 0 radical (unpaired) electrons. The summed E-state index contributed by atoms with van der Waals surface area (Å²) in [7, 11) is 0. The van der Waals surface area contributed by atoms with E-state index in [9.17, 15) is 0 Å². The molecule has 1 aromatic heterocycles. The van der Waals surface area contributed by atoms with Crippen LogP contribution in [0.5, 0.6) is 0 Å². The number of nitrogens with one attached hydrogen (secondary N) is 1. The molecule has 2 aromatic rings. The highest BCUT2D eigenvalue weighted by atomic mass is 79.9. The maximum Gasteiger partial charge on any atom is 0.162 e. The van der Waals surface area contributed by atoms with Gasteiger partial charge < -0.3 is 5.32 Å². The van der Waals surface area contributed by atoms with Gasteiger partial charge in [-0.15, -0.1) is 0 Å². The van der Waals surface area contributed by atoms with Gasteiger partial charge in [0.15, 0.2) is 5.82 Å². The van der Waals surface area contributed by atoms with Crippen LogP contribution >= 0.6 is 15.9 Å². The lowest BCUT2D eigenvalue weighted by molar-refractivity contribution is 0.982. The molecule has 0 aliphatic rings. The number of nitrogens with zero attached hydrogens (tertiary/aromatic N) is 2. The van der Waals surface area contributed by atoms with Gasteiger partial charge in [0, 0.05) is 12.1 Å². The molecule has 1 aromatic carbocycles. The Hall–Kier alpha value is -1.42. The van der Waals surface area contributed by atoms with E-state index in [-0.39, 0.29) is 0 Å². The molecule has 0 saturated carbocycles. The van der Waals surface area contributed by atoms with E-state index in [0.29, 0.717) is 0 Å². The van der Waals surface area contributed by atoms with Gasteiger partial charge in [0.1, 0.15) is 5.82 Å². The summed E-state index contributed by atoms with van der Waals surface area (Å²) in [6.45, 7) is 9.20. The minimum absolute atomic E-state index is 0.794. The van der Waals surface area contributed by atoms with Crippen LogP contribution in [0.2, 0.25) is 0 Å². The fraction of sp³-hybridized carbons (Fsp3) is 0.375. The minimum atomic E-state index is 0.794. The summed E-state index contributed by atoms with van der Waals surface area (Å²) in [6.07, 6.45) is 0.874. The highest BCUT2D eigenvalue weighted by Crippen LogP contribution is 2.29. The van der Waals surface area contributed by atoms with Crippen molar-refractivity contribution in [2.75, 3.05) is 11.9 Å². The largest absolute Gasteiger partial charge is 0.369 e. The normalized spacial score (nSPS) is 10.7. The lowest BCUT2D eigenvalue weighted by Gasteiger charge is -2.13. The first-order valence-electron chi connectivity index (χ1n) is 6.94. The Labute approximate surface area is 129 Å². The molecule has 0 aliphatic carbocycles. The van der Waals surface area contributed by atoms with Gasteiger partial charge in [-0.3, -0.25) is 0 Å². The average molecular weight is 334 g/mol. The summed E-state index contributed by atoms with van der Waals surface area (Å²) < 4.78 is 0.968. The summed E-state index contributed by atoms with van der Waals surface area (Å²) >= 11 is 3.59. The van der Waals surface area contributed by atoms with E-state index in [4.69, 9.17) is 4.98 Å².